The zero-order valence-corrected chi connectivity index (χ0v) is 14.1. The lowest BCUT2D eigenvalue weighted by Crippen LogP contribution is -2.35. The number of benzene rings is 1. The quantitative estimate of drug-likeness (QED) is 0.513. The first-order valence-electron chi connectivity index (χ1n) is 6.80. The first-order valence-corrected chi connectivity index (χ1v) is 9.51. The zero-order chi connectivity index (χ0) is 15.2. The van der Waals surface area contributed by atoms with E-state index < -0.39 is 6.72 Å². The fourth-order valence-corrected chi connectivity index (χ4v) is 3.37. The second-order valence-corrected chi connectivity index (χ2v) is 8.47. The molecular formula is C15H23ClNO2P. The van der Waals surface area contributed by atoms with Gasteiger partial charge in [-0.25, -0.2) is 4.62 Å². The minimum Gasteiger partial charge on any atom is -0.273 e. The lowest BCUT2D eigenvalue weighted by Gasteiger charge is -2.30. The summed E-state index contributed by atoms with van der Waals surface area (Å²) < 4.78 is 17.8. The van der Waals surface area contributed by atoms with Crippen molar-refractivity contribution >= 4 is 24.0 Å². The van der Waals surface area contributed by atoms with E-state index in [-0.39, 0.29) is 18.2 Å². The molecule has 1 atom stereocenters. The lowest BCUT2D eigenvalue weighted by molar-refractivity contribution is -0.106. The summed E-state index contributed by atoms with van der Waals surface area (Å²) in [6, 6.07) is 10.1. The van der Waals surface area contributed by atoms with E-state index in [1.807, 2.05) is 64.1 Å². The van der Waals surface area contributed by atoms with Gasteiger partial charge in [0.25, 0.3) is 0 Å². The highest BCUT2D eigenvalue weighted by atomic mass is 35.7. The van der Waals surface area contributed by atoms with Crippen LogP contribution in [0.3, 0.4) is 0 Å². The van der Waals surface area contributed by atoms with Crippen molar-refractivity contribution < 1.29 is 9.19 Å². The molecule has 1 aromatic rings. The number of hydrogen-bond donors (Lipinski definition) is 0. The second-order valence-electron chi connectivity index (χ2n) is 5.21. The summed E-state index contributed by atoms with van der Waals surface area (Å²) >= 11 is 6.03. The topological polar surface area (TPSA) is 29.5 Å². The highest BCUT2D eigenvalue weighted by molar-refractivity contribution is 7.85. The van der Waals surface area contributed by atoms with Crippen LogP contribution < -0.4 is 0 Å². The number of nitrogens with zero attached hydrogens (tertiary/aromatic N) is 1. The van der Waals surface area contributed by atoms with E-state index in [0.29, 0.717) is 0 Å². The van der Waals surface area contributed by atoms with Crippen LogP contribution in [0, 0.1) is 0 Å². The third-order valence-electron chi connectivity index (χ3n) is 2.67. The molecule has 0 fully saturated rings. The van der Waals surface area contributed by atoms with Crippen molar-refractivity contribution in [3.05, 3.63) is 42.0 Å². The molecule has 0 aliphatic rings. The number of rotatable bonds is 7. The van der Waals surface area contributed by atoms with E-state index in [1.165, 1.54) is 0 Å². The van der Waals surface area contributed by atoms with Gasteiger partial charge in [-0.3, -0.25) is 4.57 Å². The second kappa shape index (κ2) is 7.99. The molecule has 0 heterocycles. The molecule has 0 bridgehead atoms. The molecule has 20 heavy (non-hydrogen) atoms. The Hall–Kier alpha value is -0.600. The predicted molar refractivity (Wildman–Crippen MR) is 87.0 cm³/mol. The van der Waals surface area contributed by atoms with Gasteiger partial charge in [-0.1, -0.05) is 42.5 Å². The fourth-order valence-electron chi connectivity index (χ4n) is 1.84. The Morgan fingerprint density at radius 1 is 1.20 bits per heavy atom. The van der Waals surface area contributed by atoms with Crippen molar-refractivity contribution in [2.24, 2.45) is 0 Å². The third-order valence-corrected chi connectivity index (χ3v) is 4.35. The van der Waals surface area contributed by atoms with Gasteiger partial charge in [-0.2, -0.15) is 5.06 Å². The Bertz CT molecular complexity index is 466. The normalized spacial score (nSPS) is 15.4. The van der Waals surface area contributed by atoms with Crippen LogP contribution in [0.5, 0.6) is 0 Å². The standard InChI is InChI=1S/C15H23ClNO2P/c1-13(2)17(14(3)4)19-20(16,18)12-8-11-15-9-6-5-7-10-15/h5-11,13-14H,12H2,1-4H3/b11-8+. The molecule has 0 radical (unpaired) electrons. The van der Waals surface area contributed by atoms with Gasteiger partial charge in [0.15, 0.2) is 0 Å². The molecule has 1 unspecified atom stereocenters. The van der Waals surface area contributed by atoms with Gasteiger partial charge in [0.05, 0.1) is 6.16 Å². The summed E-state index contributed by atoms with van der Waals surface area (Å²) in [5.74, 6) is 0. The third kappa shape index (κ3) is 6.23. The molecule has 0 aliphatic heterocycles. The molecule has 1 aromatic carbocycles. The maximum Gasteiger partial charge on any atom is 0.310 e. The summed E-state index contributed by atoms with van der Waals surface area (Å²) in [4.78, 5) is 0. The highest BCUT2D eigenvalue weighted by Crippen LogP contribution is 2.53. The van der Waals surface area contributed by atoms with Crippen LogP contribution in [-0.4, -0.2) is 23.3 Å². The van der Waals surface area contributed by atoms with Crippen LogP contribution >= 0.6 is 18.0 Å². The van der Waals surface area contributed by atoms with Crippen LogP contribution in [0.15, 0.2) is 36.4 Å². The summed E-state index contributed by atoms with van der Waals surface area (Å²) in [7, 11) is 0. The summed E-state index contributed by atoms with van der Waals surface area (Å²) in [5, 5.41) is 1.68. The molecule has 3 nitrogen and oxygen atoms in total. The van der Waals surface area contributed by atoms with Gasteiger partial charge in [0.1, 0.15) is 0 Å². The SMILES string of the molecule is CC(C)N(OP(=O)(Cl)C/C=C/c1ccccc1)C(C)C. The number of allylic oxidation sites excluding steroid dienone is 1. The molecule has 0 spiro atoms. The number of halogens is 1. The average molecular weight is 316 g/mol. The molecule has 0 aromatic heterocycles. The van der Waals surface area contributed by atoms with Crippen molar-refractivity contribution in [2.45, 2.75) is 39.8 Å². The van der Waals surface area contributed by atoms with Gasteiger partial charge in [0, 0.05) is 12.1 Å². The van der Waals surface area contributed by atoms with Crippen molar-refractivity contribution in [3.63, 3.8) is 0 Å². The summed E-state index contributed by atoms with van der Waals surface area (Å²) in [5.41, 5.74) is 1.05. The van der Waals surface area contributed by atoms with Crippen LogP contribution in [0.25, 0.3) is 6.08 Å². The maximum atomic E-state index is 12.3. The smallest absolute Gasteiger partial charge is 0.273 e. The van der Waals surface area contributed by atoms with Gasteiger partial charge in [-0.15, -0.1) is 0 Å². The summed E-state index contributed by atoms with van der Waals surface area (Å²) in [6.45, 7) is 4.75. The van der Waals surface area contributed by atoms with E-state index in [0.717, 1.165) is 5.56 Å². The van der Waals surface area contributed by atoms with E-state index in [4.69, 9.17) is 15.9 Å². The maximum absolute atomic E-state index is 12.3. The van der Waals surface area contributed by atoms with E-state index >= 15 is 0 Å². The lowest BCUT2D eigenvalue weighted by atomic mass is 10.2. The molecule has 0 amide bonds. The first kappa shape index (κ1) is 17.5. The number of hydroxylamine groups is 2. The van der Waals surface area contributed by atoms with E-state index in [9.17, 15) is 4.57 Å². The Balaban J connectivity index is 2.61. The van der Waals surface area contributed by atoms with Crippen molar-refractivity contribution in [1.29, 1.82) is 0 Å². The van der Waals surface area contributed by atoms with Gasteiger partial charge >= 0.3 is 6.72 Å². The molecule has 0 aliphatic carbocycles. The molecule has 0 saturated heterocycles. The molecule has 112 valence electrons. The Morgan fingerprint density at radius 3 is 2.25 bits per heavy atom. The Kier molecular flexibility index (Phi) is 6.97. The molecule has 1 rings (SSSR count). The Morgan fingerprint density at radius 2 is 1.75 bits per heavy atom. The van der Waals surface area contributed by atoms with Crippen LogP contribution in [-0.2, 0) is 9.19 Å². The number of hydrogen-bond acceptors (Lipinski definition) is 3. The zero-order valence-electron chi connectivity index (χ0n) is 12.5. The Labute approximate surface area is 126 Å². The first-order chi connectivity index (χ1) is 9.32. The average Bonchev–Trinajstić information content (AvgIpc) is 2.36. The fraction of sp³-hybridized carbons (Fsp3) is 0.467. The van der Waals surface area contributed by atoms with E-state index in [2.05, 4.69) is 0 Å². The van der Waals surface area contributed by atoms with Crippen molar-refractivity contribution in [2.75, 3.05) is 6.16 Å². The van der Waals surface area contributed by atoms with Gasteiger partial charge < -0.3 is 0 Å². The van der Waals surface area contributed by atoms with Crippen LogP contribution in [0.1, 0.15) is 33.3 Å². The largest absolute Gasteiger partial charge is 0.310 e. The monoisotopic (exact) mass is 315 g/mol. The highest BCUT2D eigenvalue weighted by Gasteiger charge is 2.26. The molecule has 0 saturated carbocycles. The molecule has 0 N–H and O–H groups in total. The van der Waals surface area contributed by atoms with Gasteiger partial charge in [-0.05, 0) is 44.5 Å². The minimum absolute atomic E-state index is 0.125. The van der Waals surface area contributed by atoms with E-state index in [1.54, 1.807) is 11.1 Å². The molecular weight excluding hydrogens is 293 g/mol. The van der Waals surface area contributed by atoms with Gasteiger partial charge in [0.2, 0.25) is 0 Å². The molecule has 5 heteroatoms. The predicted octanol–water partition coefficient (Wildman–Crippen LogP) is 5.18. The van der Waals surface area contributed by atoms with Crippen molar-refractivity contribution in [1.82, 2.24) is 5.06 Å². The van der Waals surface area contributed by atoms with Crippen LogP contribution in [0.2, 0.25) is 0 Å². The van der Waals surface area contributed by atoms with Crippen LogP contribution in [0.4, 0.5) is 0 Å². The minimum atomic E-state index is -3.18. The summed E-state index contributed by atoms with van der Waals surface area (Å²) in [6.07, 6.45) is 3.90. The van der Waals surface area contributed by atoms with Crippen molar-refractivity contribution in [3.8, 4) is 0 Å².